The first-order valence-electron chi connectivity index (χ1n) is 8.52. The summed E-state index contributed by atoms with van der Waals surface area (Å²) < 4.78 is 15.3. The van der Waals surface area contributed by atoms with E-state index in [4.69, 9.17) is 6.15 Å². The molecule has 0 aliphatic rings. The molecule has 0 unspecified atom stereocenters. The Morgan fingerprint density at radius 3 is 1.32 bits per heavy atom. The van der Waals surface area contributed by atoms with Gasteiger partial charge in [-0.05, 0) is 0 Å². The normalized spacial score (nSPS) is 12.0. The van der Waals surface area contributed by atoms with Gasteiger partial charge >= 0.3 is 127 Å². The van der Waals surface area contributed by atoms with Crippen molar-refractivity contribution in [1.82, 2.24) is 0 Å². The minimum atomic E-state index is -2.74. The van der Waals surface area contributed by atoms with Gasteiger partial charge < -0.3 is 0 Å². The molecule has 0 radical (unpaired) electrons. The fraction of sp³-hybridized carbons (Fsp3) is 1.00. The molecule has 3 heteroatoms. The third-order valence-corrected chi connectivity index (χ3v) is 14.0. The van der Waals surface area contributed by atoms with Crippen molar-refractivity contribution in [2.24, 2.45) is 0 Å². The zero-order valence-electron chi connectivity index (χ0n) is 13.8. The second-order valence-electron chi connectivity index (χ2n) is 5.52. The van der Waals surface area contributed by atoms with Crippen LogP contribution in [0.15, 0.2) is 0 Å². The van der Waals surface area contributed by atoms with Crippen LogP contribution in [0.4, 0.5) is 0 Å². The van der Waals surface area contributed by atoms with Crippen LogP contribution < -0.4 is 0 Å². The summed E-state index contributed by atoms with van der Waals surface area (Å²) in [6.07, 6.45) is 10.1. The molecule has 0 saturated carbocycles. The quantitative estimate of drug-likeness (QED) is 0.286. The molecular formula is C16H36O2Sn. The van der Waals surface area contributed by atoms with E-state index in [-0.39, 0.29) is 0 Å². The molecule has 2 nitrogen and oxygen atoms in total. The van der Waals surface area contributed by atoms with Crippen LogP contribution >= 0.6 is 0 Å². The molecular weight excluding hydrogens is 343 g/mol. The summed E-state index contributed by atoms with van der Waals surface area (Å²) in [4.78, 5) is 0. The molecule has 0 aromatic rings. The van der Waals surface area contributed by atoms with Gasteiger partial charge in [0, 0.05) is 0 Å². The Bertz CT molecular complexity index is 166. The van der Waals surface area contributed by atoms with Crippen molar-refractivity contribution in [3.8, 4) is 0 Å². The zero-order valence-corrected chi connectivity index (χ0v) is 16.7. The summed E-state index contributed by atoms with van der Waals surface area (Å²) in [6, 6.07) is 0. The Labute approximate surface area is 126 Å². The standard InChI is InChI=1S/2C5H11.2C3H7O.Sn/c2*1-3-5-4-2;2*1-2-3-4;/h2*1,3-5H2,2H3;2*2-3H2,1H3;/q;;2*-1;+2. The molecule has 0 aliphatic heterocycles. The van der Waals surface area contributed by atoms with Crippen LogP contribution in [0.25, 0.3) is 0 Å². The van der Waals surface area contributed by atoms with Crippen LogP contribution in [0.3, 0.4) is 0 Å². The van der Waals surface area contributed by atoms with Gasteiger partial charge in [-0.25, -0.2) is 0 Å². The van der Waals surface area contributed by atoms with Crippen molar-refractivity contribution in [3.63, 3.8) is 0 Å². The molecule has 0 N–H and O–H groups in total. The van der Waals surface area contributed by atoms with Crippen molar-refractivity contribution in [2.75, 3.05) is 13.2 Å². The third kappa shape index (κ3) is 10.1. The van der Waals surface area contributed by atoms with Crippen molar-refractivity contribution in [1.29, 1.82) is 0 Å². The maximum absolute atomic E-state index is 6.36. The topological polar surface area (TPSA) is 18.5 Å². The Morgan fingerprint density at radius 1 is 0.579 bits per heavy atom. The summed E-state index contributed by atoms with van der Waals surface area (Å²) in [5.74, 6) is 0. The van der Waals surface area contributed by atoms with E-state index >= 15 is 0 Å². The molecule has 0 rings (SSSR count). The predicted octanol–water partition coefficient (Wildman–Crippen LogP) is 5.66. The van der Waals surface area contributed by atoms with Gasteiger partial charge in [0.25, 0.3) is 0 Å². The molecule has 0 saturated heterocycles. The second-order valence-corrected chi connectivity index (χ2v) is 15.2. The van der Waals surface area contributed by atoms with E-state index in [0.717, 1.165) is 26.1 Å². The summed E-state index contributed by atoms with van der Waals surface area (Å²) in [7, 11) is 0. The Hall–Kier alpha value is 0.719. The fourth-order valence-electron chi connectivity index (χ4n) is 2.32. The summed E-state index contributed by atoms with van der Waals surface area (Å²) in [5.41, 5.74) is 0. The molecule has 0 spiro atoms. The van der Waals surface area contributed by atoms with E-state index in [1.165, 1.54) is 47.4 Å². The van der Waals surface area contributed by atoms with Gasteiger partial charge in [0.1, 0.15) is 0 Å². The average Bonchev–Trinajstić information content (AvgIpc) is 2.43. The van der Waals surface area contributed by atoms with E-state index < -0.39 is 19.2 Å². The van der Waals surface area contributed by atoms with Crippen molar-refractivity contribution >= 4 is 19.2 Å². The molecule has 0 amide bonds. The van der Waals surface area contributed by atoms with E-state index in [1.54, 1.807) is 0 Å². The maximum atomic E-state index is 6.36. The minimum absolute atomic E-state index is 0.915. The van der Waals surface area contributed by atoms with E-state index in [9.17, 15) is 0 Å². The van der Waals surface area contributed by atoms with Gasteiger partial charge in [-0.1, -0.05) is 0 Å². The van der Waals surface area contributed by atoms with Crippen LogP contribution in [0.2, 0.25) is 8.87 Å². The summed E-state index contributed by atoms with van der Waals surface area (Å²) in [6.45, 7) is 10.8. The van der Waals surface area contributed by atoms with Gasteiger partial charge in [0.15, 0.2) is 0 Å². The fourth-order valence-corrected chi connectivity index (χ4v) is 12.7. The monoisotopic (exact) mass is 380 g/mol. The number of rotatable bonds is 14. The number of hydrogen-bond acceptors (Lipinski definition) is 2. The van der Waals surface area contributed by atoms with Crippen LogP contribution in [-0.4, -0.2) is 32.4 Å². The molecule has 0 atom stereocenters. The van der Waals surface area contributed by atoms with E-state index in [1.807, 2.05) is 0 Å². The van der Waals surface area contributed by atoms with E-state index in [2.05, 4.69) is 27.7 Å². The first kappa shape index (κ1) is 19.7. The van der Waals surface area contributed by atoms with Crippen LogP contribution in [0.5, 0.6) is 0 Å². The van der Waals surface area contributed by atoms with E-state index in [0.29, 0.717) is 0 Å². The first-order valence-corrected chi connectivity index (χ1v) is 14.9. The molecule has 0 fully saturated rings. The van der Waals surface area contributed by atoms with Crippen molar-refractivity contribution in [2.45, 2.75) is 87.9 Å². The molecule has 116 valence electrons. The molecule has 0 aromatic carbocycles. The Morgan fingerprint density at radius 2 is 1.00 bits per heavy atom. The second kappa shape index (κ2) is 13.7. The Balaban J connectivity index is 4.44. The van der Waals surface area contributed by atoms with Gasteiger partial charge in [-0.3, -0.25) is 0 Å². The Kier molecular flexibility index (Phi) is 14.2. The predicted molar refractivity (Wildman–Crippen MR) is 86.9 cm³/mol. The molecule has 0 aromatic heterocycles. The molecule has 0 heterocycles. The van der Waals surface area contributed by atoms with Crippen LogP contribution in [-0.2, 0) is 6.15 Å². The van der Waals surface area contributed by atoms with Gasteiger partial charge in [-0.2, -0.15) is 0 Å². The van der Waals surface area contributed by atoms with Gasteiger partial charge in [0.05, 0.1) is 0 Å². The van der Waals surface area contributed by atoms with Crippen molar-refractivity contribution < 1.29 is 6.15 Å². The summed E-state index contributed by atoms with van der Waals surface area (Å²) in [5, 5.41) is 0. The number of hydrogen-bond donors (Lipinski definition) is 0. The molecule has 19 heavy (non-hydrogen) atoms. The zero-order chi connectivity index (χ0) is 14.4. The molecule has 0 bridgehead atoms. The molecule has 0 aliphatic carbocycles. The summed E-state index contributed by atoms with van der Waals surface area (Å²) >= 11 is -2.74. The SMILES string of the molecule is CCCC[CH2][Sn]([CH2]CCCC)([O]CCC)[O]CCC. The van der Waals surface area contributed by atoms with Crippen LogP contribution in [0, 0.1) is 0 Å². The number of unbranched alkanes of at least 4 members (excludes halogenated alkanes) is 4. The van der Waals surface area contributed by atoms with Crippen molar-refractivity contribution in [3.05, 3.63) is 0 Å². The van der Waals surface area contributed by atoms with Gasteiger partial charge in [0.2, 0.25) is 0 Å². The third-order valence-electron chi connectivity index (χ3n) is 3.46. The first-order chi connectivity index (χ1) is 9.24. The van der Waals surface area contributed by atoms with Crippen LogP contribution in [0.1, 0.15) is 79.1 Å². The average molecular weight is 379 g/mol. The van der Waals surface area contributed by atoms with Gasteiger partial charge in [-0.15, -0.1) is 0 Å².